The van der Waals surface area contributed by atoms with Crippen LogP contribution in [0.3, 0.4) is 0 Å². The zero-order valence-corrected chi connectivity index (χ0v) is 24.1. The molecule has 5 aromatic rings. The van der Waals surface area contributed by atoms with Crippen molar-refractivity contribution in [3.8, 4) is 46.0 Å². The Morgan fingerprint density at radius 1 is 0.368 bits per heavy atom. The molecule has 0 atom stereocenters. The molecule has 4 nitrogen and oxygen atoms in total. The molecule has 0 saturated heterocycles. The first-order valence-electron chi connectivity index (χ1n) is 12.1. The topological polar surface area (TPSA) is 36.9 Å². The van der Waals surface area contributed by atoms with Gasteiger partial charge in [0.25, 0.3) is 0 Å². The van der Waals surface area contributed by atoms with E-state index in [0.29, 0.717) is 43.4 Å². The van der Waals surface area contributed by atoms with Crippen LogP contribution in [0.2, 0.25) is 0 Å². The van der Waals surface area contributed by atoms with Crippen LogP contribution in [0.15, 0.2) is 130 Å². The van der Waals surface area contributed by atoms with E-state index in [4.69, 9.17) is 18.9 Å². The fourth-order valence-corrected chi connectivity index (χ4v) is 4.24. The molecule has 192 valence electrons. The first-order valence-corrected chi connectivity index (χ1v) is 13.7. The van der Waals surface area contributed by atoms with Crippen LogP contribution in [0.4, 0.5) is 0 Å². The van der Waals surface area contributed by atoms with E-state index >= 15 is 0 Å². The van der Waals surface area contributed by atoms with Crippen LogP contribution in [0.5, 0.6) is 46.0 Å². The largest absolute Gasteiger partial charge is 0.456 e. The van der Waals surface area contributed by atoms with E-state index in [1.807, 2.05) is 135 Å². The molecule has 0 aliphatic carbocycles. The number of hydrogen-bond donors (Lipinski definition) is 0. The van der Waals surface area contributed by atoms with Gasteiger partial charge in [-0.25, -0.2) is 0 Å². The van der Waals surface area contributed by atoms with Gasteiger partial charge in [0.1, 0.15) is 54.9 Å². The molecule has 5 aromatic carbocycles. The second kappa shape index (κ2) is 13.7. The second-order valence-electron chi connectivity index (χ2n) is 7.65. The molecule has 0 heterocycles. The minimum atomic E-state index is 0.623. The molecular formula is C32H26Br2O4. The summed E-state index contributed by atoms with van der Waals surface area (Å²) in [5.41, 5.74) is 0. The monoisotopic (exact) mass is 632 g/mol. The minimum Gasteiger partial charge on any atom is -0.456 e. The molecule has 0 fully saturated rings. The van der Waals surface area contributed by atoms with E-state index in [1.165, 1.54) is 0 Å². The first-order chi connectivity index (χ1) is 18.7. The lowest BCUT2D eigenvalue weighted by Gasteiger charge is -2.14. The quantitative estimate of drug-likeness (QED) is 0.170. The highest BCUT2D eigenvalue weighted by atomic mass is 79.9. The van der Waals surface area contributed by atoms with Crippen molar-refractivity contribution in [3.63, 3.8) is 0 Å². The van der Waals surface area contributed by atoms with E-state index in [2.05, 4.69) is 31.9 Å². The van der Waals surface area contributed by atoms with Crippen molar-refractivity contribution in [2.75, 3.05) is 0 Å². The predicted octanol–water partition coefficient (Wildman–Crippen LogP) is 11.4. The Balaban J connectivity index is 0.00000164. The Labute approximate surface area is 240 Å². The van der Waals surface area contributed by atoms with Crippen LogP contribution in [0.25, 0.3) is 0 Å². The van der Waals surface area contributed by atoms with Gasteiger partial charge < -0.3 is 18.9 Å². The summed E-state index contributed by atoms with van der Waals surface area (Å²) in [6.07, 6.45) is 0. The van der Waals surface area contributed by atoms with Crippen LogP contribution in [-0.4, -0.2) is 0 Å². The zero-order valence-electron chi connectivity index (χ0n) is 20.9. The Kier molecular flexibility index (Phi) is 9.84. The van der Waals surface area contributed by atoms with E-state index in [9.17, 15) is 0 Å². The lowest BCUT2D eigenvalue weighted by atomic mass is 10.3. The van der Waals surface area contributed by atoms with Gasteiger partial charge in [0.2, 0.25) is 0 Å². The standard InChI is InChI=1S/C30H20Br2O4.C2H6/c31-29-25(33-21-10-3-1-4-11-21)16-8-18-27(29)35-23-14-7-15-24(20-23)36-28-19-9-17-26(30(28)32)34-22-12-5-2-6-13-22;1-2/h1-20H;1-2H3. The maximum atomic E-state index is 6.16. The lowest BCUT2D eigenvalue weighted by Crippen LogP contribution is -1.92. The maximum absolute atomic E-state index is 6.16. The van der Waals surface area contributed by atoms with Gasteiger partial charge in [-0.15, -0.1) is 0 Å². The third-order valence-corrected chi connectivity index (χ3v) is 6.62. The molecule has 38 heavy (non-hydrogen) atoms. The van der Waals surface area contributed by atoms with Gasteiger partial charge >= 0.3 is 0 Å². The number of rotatable bonds is 8. The number of halogens is 2. The third kappa shape index (κ3) is 7.18. The molecule has 0 spiro atoms. The molecule has 0 saturated carbocycles. The van der Waals surface area contributed by atoms with Gasteiger partial charge in [-0.1, -0.05) is 68.4 Å². The van der Waals surface area contributed by atoms with E-state index < -0.39 is 0 Å². The highest BCUT2D eigenvalue weighted by Crippen LogP contribution is 2.41. The van der Waals surface area contributed by atoms with Crippen molar-refractivity contribution in [2.24, 2.45) is 0 Å². The average molecular weight is 634 g/mol. The summed E-state index contributed by atoms with van der Waals surface area (Å²) < 4.78 is 25.7. The molecule has 0 N–H and O–H groups in total. The molecule has 0 aliphatic heterocycles. The van der Waals surface area contributed by atoms with Gasteiger partial charge in [-0.2, -0.15) is 0 Å². The SMILES string of the molecule is Brc1c(Oc2ccccc2)cccc1Oc1cccc(Oc2cccc(Oc3ccccc3)c2Br)c1.CC. The van der Waals surface area contributed by atoms with Crippen molar-refractivity contribution in [1.82, 2.24) is 0 Å². The van der Waals surface area contributed by atoms with Crippen LogP contribution >= 0.6 is 31.9 Å². The van der Waals surface area contributed by atoms with Gasteiger partial charge in [-0.05, 0) is 92.5 Å². The van der Waals surface area contributed by atoms with Gasteiger partial charge in [0, 0.05) is 6.07 Å². The molecule has 0 bridgehead atoms. The molecule has 6 heteroatoms. The zero-order chi connectivity index (χ0) is 26.7. The molecule has 0 radical (unpaired) electrons. The highest BCUT2D eigenvalue weighted by molar-refractivity contribution is 9.11. The second-order valence-corrected chi connectivity index (χ2v) is 9.23. The number of para-hydroxylation sites is 2. The normalized spacial score (nSPS) is 10.1. The third-order valence-electron chi connectivity index (χ3n) is 5.06. The molecule has 0 aliphatic rings. The van der Waals surface area contributed by atoms with Crippen molar-refractivity contribution >= 4 is 31.9 Å². The van der Waals surface area contributed by atoms with Gasteiger partial charge in [-0.3, -0.25) is 0 Å². The molecule has 0 amide bonds. The number of benzene rings is 5. The van der Waals surface area contributed by atoms with Gasteiger partial charge in [0.15, 0.2) is 0 Å². The number of ether oxygens (including phenoxy) is 4. The van der Waals surface area contributed by atoms with Crippen LogP contribution in [0, 0.1) is 0 Å². The van der Waals surface area contributed by atoms with E-state index in [0.717, 1.165) is 11.5 Å². The molecule has 0 unspecified atom stereocenters. The maximum Gasteiger partial charge on any atom is 0.145 e. The van der Waals surface area contributed by atoms with E-state index in [-0.39, 0.29) is 0 Å². The summed E-state index contributed by atoms with van der Waals surface area (Å²) in [5.74, 6) is 5.30. The lowest BCUT2D eigenvalue weighted by molar-refractivity contribution is 0.442. The van der Waals surface area contributed by atoms with Crippen LogP contribution < -0.4 is 18.9 Å². The first kappa shape index (κ1) is 27.3. The van der Waals surface area contributed by atoms with Crippen molar-refractivity contribution < 1.29 is 18.9 Å². The van der Waals surface area contributed by atoms with E-state index in [1.54, 1.807) is 0 Å². The molecule has 5 rings (SSSR count). The predicted molar refractivity (Wildman–Crippen MR) is 159 cm³/mol. The van der Waals surface area contributed by atoms with Crippen molar-refractivity contribution in [3.05, 3.63) is 130 Å². The summed E-state index contributed by atoms with van der Waals surface area (Å²) in [7, 11) is 0. The Morgan fingerprint density at radius 2 is 0.658 bits per heavy atom. The summed E-state index contributed by atoms with van der Waals surface area (Å²) >= 11 is 7.22. The molecule has 0 aromatic heterocycles. The summed E-state index contributed by atoms with van der Waals surface area (Å²) in [6.45, 7) is 4.00. The van der Waals surface area contributed by atoms with Crippen LogP contribution in [0.1, 0.15) is 13.8 Å². The number of hydrogen-bond acceptors (Lipinski definition) is 4. The van der Waals surface area contributed by atoms with Crippen LogP contribution in [-0.2, 0) is 0 Å². The average Bonchev–Trinajstić information content (AvgIpc) is 2.96. The highest BCUT2D eigenvalue weighted by Gasteiger charge is 2.13. The Bertz CT molecular complexity index is 1350. The Morgan fingerprint density at radius 3 is 1.03 bits per heavy atom. The van der Waals surface area contributed by atoms with Crippen molar-refractivity contribution in [1.29, 1.82) is 0 Å². The van der Waals surface area contributed by atoms with Crippen molar-refractivity contribution in [2.45, 2.75) is 13.8 Å². The summed E-state index contributed by atoms with van der Waals surface area (Å²) in [5, 5.41) is 0. The Hall–Kier alpha value is -3.74. The summed E-state index contributed by atoms with van der Waals surface area (Å²) in [4.78, 5) is 0. The fourth-order valence-electron chi connectivity index (χ4n) is 3.38. The summed E-state index contributed by atoms with van der Waals surface area (Å²) in [6, 6.07) is 37.9. The fraction of sp³-hybridized carbons (Fsp3) is 0.0625. The minimum absolute atomic E-state index is 0.623. The molecular weight excluding hydrogens is 608 g/mol. The smallest absolute Gasteiger partial charge is 0.145 e. The van der Waals surface area contributed by atoms with Gasteiger partial charge in [0.05, 0.1) is 0 Å².